The van der Waals surface area contributed by atoms with Crippen molar-refractivity contribution in [3.05, 3.63) is 29.3 Å². The molecule has 20 heavy (non-hydrogen) atoms. The Kier molecular flexibility index (Phi) is 3.81. The topological polar surface area (TPSA) is 61.4 Å². The molecule has 4 heteroatoms. The van der Waals surface area contributed by atoms with Crippen LogP contribution < -0.4 is 10.6 Å². The molecule has 1 fully saturated rings. The molecule has 3 N–H and O–H groups in total. The van der Waals surface area contributed by atoms with E-state index < -0.39 is 0 Å². The summed E-state index contributed by atoms with van der Waals surface area (Å²) < 4.78 is 0. The third-order valence-electron chi connectivity index (χ3n) is 4.49. The van der Waals surface area contributed by atoms with Crippen molar-refractivity contribution in [1.82, 2.24) is 10.6 Å². The van der Waals surface area contributed by atoms with Crippen molar-refractivity contribution in [2.45, 2.75) is 57.0 Å². The molecule has 2 amide bonds. The molecule has 0 heterocycles. The Balaban J connectivity index is 1.59. The first-order valence-electron chi connectivity index (χ1n) is 7.62. The average molecular weight is 274 g/mol. The summed E-state index contributed by atoms with van der Waals surface area (Å²) in [5, 5.41) is 15.9. The Bertz CT molecular complexity index is 495. The fraction of sp³-hybridized carbons (Fsp3) is 0.562. The number of carbonyl (C=O) groups excluding carboxylic acids is 1. The SMILES string of the molecule is O=C(NC1CCCCC1)NC1CCc2c(O)cccc21. The van der Waals surface area contributed by atoms with E-state index in [1.807, 2.05) is 12.1 Å². The lowest BCUT2D eigenvalue weighted by Crippen LogP contribution is -2.43. The predicted molar refractivity (Wildman–Crippen MR) is 77.7 cm³/mol. The van der Waals surface area contributed by atoms with Crippen LogP contribution >= 0.6 is 0 Å². The second-order valence-electron chi connectivity index (χ2n) is 5.89. The molecule has 2 aliphatic carbocycles. The zero-order chi connectivity index (χ0) is 13.9. The van der Waals surface area contributed by atoms with E-state index in [0.29, 0.717) is 11.8 Å². The lowest BCUT2D eigenvalue weighted by molar-refractivity contribution is 0.229. The highest BCUT2D eigenvalue weighted by atomic mass is 16.3. The number of hydrogen-bond donors (Lipinski definition) is 3. The summed E-state index contributed by atoms with van der Waals surface area (Å²) in [6.07, 6.45) is 7.59. The summed E-state index contributed by atoms with van der Waals surface area (Å²) in [6.45, 7) is 0. The Hall–Kier alpha value is -1.71. The van der Waals surface area contributed by atoms with Crippen LogP contribution in [0.1, 0.15) is 55.7 Å². The van der Waals surface area contributed by atoms with Crippen molar-refractivity contribution in [1.29, 1.82) is 0 Å². The van der Waals surface area contributed by atoms with Gasteiger partial charge in [0.15, 0.2) is 0 Å². The largest absolute Gasteiger partial charge is 0.508 e. The quantitative estimate of drug-likeness (QED) is 0.776. The number of fused-ring (bicyclic) bond motifs is 1. The number of aromatic hydroxyl groups is 1. The van der Waals surface area contributed by atoms with Crippen LogP contribution in [0.15, 0.2) is 18.2 Å². The number of rotatable bonds is 2. The van der Waals surface area contributed by atoms with E-state index in [4.69, 9.17) is 0 Å². The van der Waals surface area contributed by atoms with Gasteiger partial charge in [0, 0.05) is 6.04 Å². The number of nitrogens with one attached hydrogen (secondary N) is 2. The molecule has 1 atom stereocenters. The molecule has 0 radical (unpaired) electrons. The lowest BCUT2D eigenvalue weighted by Gasteiger charge is -2.24. The van der Waals surface area contributed by atoms with Crippen LogP contribution in [0, 0.1) is 0 Å². The van der Waals surface area contributed by atoms with Gasteiger partial charge in [-0.3, -0.25) is 0 Å². The number of phenolic OH excluding ortho intramolecular Hbond substituents is 1. The van der Waals surface area contributed by atoms with Gasteiger partial charge in [0.05, 0.1) is 6.04 Å². The molecule has 4 nitrogen and oxygen atoms in total. The maximum atomic E-state index is 12.1. The van der Waals surface area contributed by atoms with Crippen molar-refractivity contribution in [2.24, 2.45) is 0 Å². The third kappa shape index (κ3) is 2.74. The first-order chi connectivity index (χ1) is 9.74. The summed E-state index contributed by atoms with van der Waals surface area (Å²) in [5.74, 6) is 0.347. The van der Waals surface area contributed by atoms with Gasteiger partial charge in [-0.15, -0.1) is 0 Å². The monoisotopic (exact) mass is 274 g/mol. The molecule has 0 aliphatic heterocycles. The van der Waals surface area contributed by atoms with Gasteiger partial charge in [-0.1, -0.05) is 31.4 Å². The molecule has 0 saturated heterocycles. The van der Waals surface area contributed by atoms with E-state index in [9.17, 15) is 9.90 Å². The van der Waals surface area contributed by atoms with E-state index in [1.165, 1.54) is 19.3 Å². The minimum absolute atomic E-state index is 0.0284. The first kappa shape index (κ1) is 13.3. The van der Waals surface area contributed by atoms with E-state index >= 15 is 0 Å². The smallest absolute Gasteiger partial charge is 0.315 e. The predicted octanol–water partition coefficient (Wildman–Crippen LogP) is 3.01. The fourth-order valence-electron chi connectivity index (χ4n) is 3.42. The van der Waals surface area contributed by atoms with Crippen molar-refractivity contribution in [2.75, 3.05) is 0 Å². The highest BCUT2D eigenvalue weighted by molar-refractivity contribution is 5.75. The fourth-order valence-corrected chi connectivity index (χ4v) is 3.42. The first-order valence-corrected chi connectivity index (χ1v) is 7.62. The van der Waals surface area contributed by atoms with Gasteiger partial charge in [-0.2, -0.15) is 0 Å². The second kappa shape index (κ2) is 5.73. The zero-order valence-corrected chi connectivity index (χ0v) is 11.7. The highest BCUT2D eigenvalue weighted by Gasteiger charge is 2.26. The second-order valence-corrected chi connectivity index (χ2v) is 5.89. The minimum atomic E-state index is -0.0712. The van der Waals surface area contributed by atoms with E-state index in [1.54, 1.807) is 6.07 Å². The molecule has 0 spiro atoms. The summed E-state index contributed by atoms with van der Waals surface area (Å²) in [6, 6.07) is 5.83. The molecule has 0 bridgehead atoms. The molecular weight excluding hydrogens is 252 g/mol. The van der Waals surface area contributed by atoms with Crippen molar-refractivity contribution in [3.63, 3.8) is 0 Å². The maximum absolute atomic E-state index is 12.1. The van der Waals surface area contributed by atoms with Crippen LogP contribution in [0.25, 0.3) is 0 Å². The number of amides is 2. The Morgan fingerprint density at radius 2 is 1.90 bits per heavy atom. The van der Waals surface area contributed by atoms with Gasteiger partial charge < -0.3 is 15.7 Å². The van der Waals surface area contributed by atoms with Crippen molar-refractivity contribution >= 4 is 6.03 Å². The van der Waals surface area contributed by atoms with Gasteiger partial charge in [0.25, 0.3) is 0 Å². The molecular formula is C16H22N2O2. The molecule has 0 aromatic heterocycles. The summed E-state index contributed by atoms with van der Waals surface area (Å²) in [5.41, 5.74) is 2.04. The molecule has 108 valence electrons. The normalized spacial score (nSPS) is 22.3. The number of carbonyl (C=O) groups is 1. The standard InChI is InChI=1S/C16H22N2O2/c19-15-8-4-7-12-13(15)9-10-14(12)18-16(20)17-11-5-2-1-3-6-11/h4,7-8,11,14,19H,1-3,5-6,9-10H2,(H2,17,18,20). The molecule has 1 aromatic rings. The third-order valence-corrected chi connectivity index (χ3v) is 4.49. The van der Waals surface area contributed by atoms with Crippen LogP contribution in [0.2, 0.25) is 0 Å². The number of hydrogen-bond acceptors (Lipinski definition) is 2. The Morgan fingerprint density at radius 3 is 2.70 bits per heavy atom. The summed E-state index contributed by atoms with van der Waals surface area (Å²) >= 11 is 0. The zero-order valence-electron chi connectivity index (χ0n) is 11.7. The average Bonchev–Trinajstić information content (AvgIpc) is 2.84. The number of phenols is 1. The van der Waals surface area contributed by atoms with Crippen LogP contribution in [0.3, 0.4) is 0 Å². The summed E-state index contributed by atoms with van der Waals surface area (Å²) in [4.78, 5) is 12.1. The van der Waals surface area contributed by atoms with Gasteiger partial charge in [-0.05, 0) is 42.9 Å². The van der Waals surface area contributed by atoms with Crippen LogP contribution in [-0.4, -0.2) is 17.2 Å². The molecule has 1 aromatic carbocycles. The van der Waals surface area contributed by atoms with Gasteiger partial charge in [-0.25, -0.2) is 4.79 Å². The summed E-state index contributed by atoms with van der Waals surface area (Å²) in [7, 11) is 0. The lowest BCUT2D eigenvalue weighted by atomic mass is 9.96. The molecule has 3 rings (SSSR count). The van der Waals surface area contributed by atoms with E-state index in [2.05, 4.69) is 10.6 Å². The van der Waals surface area contributed by atoms with Crippen molar-refractivity contribution < 1.29 is 9.90 Å². The van der Waals surface area contributed by atoms with Crippen LogP contribution in [0.4, 0.5) is 4.79 Å². The van der Waals surface area contributed by atoms with Crippen LogP contribution in [-0.2, 0) is 6.42 Å². The van der Waals surface area contributed by atoms with E-state index in [0.717, 1.165) is 36.8 Å². The van der Waals surface area contributed by atoms with Gasteiger partial charge >= 0.3 is 6.03 Å². The van der Waals surface area contributed by atoms with Gasteiger partial charge in [0.2, 0.25) is 0 Å². The van der Waals surface area contributed by atoms with Gasteiger partial charge in [0.1, 0.15) is 5.75 Å². The highest BCUT2D eigenvalue weighted by Crippen LogP contribution is 2.36. The van der Waals surface area contributed by atoms with E-state index in [-0.39, 0.29) is 12.1 Å². The maximum Gasteiger partial charge on any atom is 0.315 e. The molecule has 2 aliphatic rings. The molecule has 1 unspecified atom stereocenters. The molecule has 1 saturated carbocycles. The minimum Gasteiger partial charge on any atom is -0.508 e. The number of benzene rings is 1. The Morgan fingerprint density at radius 1 is 1.10 bits per heavy atom. The Labute approximate surface area is 119 Å². The van der Waals surface area contributed by atoms with Crippen molar-refractivity contribution in [3.8, 4) is 5.75 Å². The van der Waals surface area contributed by atoms with Crippen LogP contribution in [0.5, 0.6) is 5.75 Å². The number of urea groups is 1.